The van der Waals surface area contributed by atoms with Gasteiger partial charge in [0.05, 0.1) is 0 Å². The lowest BCUT2D eigenvalue weighted by Crippen LogP contribution is -2.18. The lowest BCUT2D eigenvalue weighted by molar-refractivity contribution is 0.102. The Morgan fingerprint density at radius 1 is 1.20 bits per heavy atom. The average molecular weight is 341 g/mol. The van der Waals surface area contributed by atoms with Crippen LogP contribution in [0.4, 0.5) is 11.5 Å². The van der Waals surface area contributed by atoms with Gasteiger partial charge in [0, 0.05) is 18.3 Å². The lowest BCUT2D eigenvalue weighted by Gasteiger charge is -2.13. The summed E-state index contributed by atoms with van der Waals surface area (Å²) in [6.07, 6.45) is 2.41. The van der Waals surface area contributed by atoms with Gasteiger partial charge in [-0.15, -0.1) is 0 Å². The molecule has 0 unspecified atom stereocenters. The third-order valence-corrected chi connectivity index (χ3v) is 3.82. The first kappa shape index (κ1) is 18.9. The van der Waals surface area contributed by atoms with Crippen LogP contribution >= 0.6 is 0 Å². The standard InChI is InChI=1S/C19H27N5O/c1-14(2)15-8-5-6-9-16(15)23-19(25)17-12-18(22-13-21-17)20-10-7-11-24(3)4/h5-6,8-9,12-14H,7,10-11H2,1-4H3,(H,23,25)(H,20,21,22). The SMILES string of the molecule is CC(C)c1ccccc1NC(=O)c1cc(NCCCN(C)C)ncn1. The van der Waals surface area contributed by atoms with Crippen LogP contribution in [0, 0.1) is 0 Å². The first-order valence-corrected chi connectivity index (χ1v) is 8.58. The number of amides is 1. The fraction of sp³-hybridized carbons (Fsp3) is 0.421. The van der Waals surface area contributed by atoms with E-state index >= 15 is 0 Å². The second kappa shape index (κ2) is 9.13. The second-order valence-corrected chi connectivity index (χ2v) is 6.57. The maximum atomic E-state index is 12.5. The van der Waals surface area contributed by atoms with E-state index in [1.54, 1.807) is 6.07 Å². The van der Waals surface area contributed by atoms with Crippen LogP contribution in [0.1, 0.15) is 42.2 Å². The quantitative estimate of drug-likeness (QED) is 0.722. The van der Waals surface area contributed by atoms with Crippen molar-refractivity contribution in [3.05, 3.63) is 47.9 Å². The summed E-state index contributed by atoms with van der Waals surface area (Å²) in [5.74, 6) is 0.763. The van der Waals surface area contributed by atoms with Crippen molar-refractivity contribution in [2.24, 2.45) is 0 Å². The van der Waals surface area contributed by atoms with Crippen LogP contribution in [0.15, 0.2) is 36.7 Å². The first-order valence-electron chi connectivity index (χ1n) is 8.58. The van der Waals surface area contributed by atoms with Gasteiger partial charge in [0.25, 0.3) is 5.91 Å². The van der Waals surface area contributed by atoms with Crippen molar-refractivity contribution >= 4 is 17.4 Å². The molecule has 134 valence electrons. The number of hydrogen-bond donors (Lipinski definition) is 2. The molecule has 0 saturated heterocycles. The van der Waals surface area contributed by atoms with Gasteiger partial charge in [-0.25, -0.2) is 9.97 Å². The Bertz CT molecular complexity index is 700. The summed E-state index contributed by atoms with van der Waals surface area (Å²) >= 11 is 0. The van der Waals surface area contributed by atoms with Gasteiger partial charge in [-0.05, 0) is 44.6 Å². The van der Waals surface area contributed by atoms with Crippen LogP contribution in [-0.4, -0.2) is 48.0 Å². The number of aromatic nitrogens is 2. The Hall–Kier alpha value is -2.47. The number of hydrogen-bond acceptors (Lipinski definition) is 5. The van der Waals surface area contributed by atoms with E-state index in [0.29, 0.717) is 17.4 Å². The maximum Gasteiger partial charge on any atom is 0.274 e. The van der Waals surface area contributed by atoms with Gasteiger partial charge in [-0.3, -0.25) is 4.79 Å². The molecular formula is C19H27N5O. The van der Waals surface area contributed by atoms with Crippen molar-refractivity contribution in [2.75, 3.05) is 37.8 Å². The normalized spacial score (nSPS) is 11.0. The fourth-order valence-corrected chi connectivity index (χ4v) is 2.49. The molecule has 6 nitrogen and oxygen atoms in total. The largest absolute Gasteiger partial charge is 0.370 e. The molecular weight excluding hydrogens is 314 g/mol. The third kappa shape index (κ3) is 5.83. The van der Waals surface area contributed by atoms with Crippen LogP contribution in [-0.2, 0) is 0 Å². The summed E-state index contributed by atoms with van der Waals surface area (Å²) in [4.78, 5) is 22.9. The number of anilines is 2. The Kier molecular flexibility index (Phi) is 6.89. The molecule has 2 rings (SSSR count). The van der Waals surface area contributed by atoms with E-state index < -0.39 is 0 Å². The van der Waals surface area contributed by atoms with Crippen molar-refractivity contribution in [1.29, 1.82) is 0 Å². The van der Waals surface area contributed by atoms with E-state index in [4.69, 9.17) is 0 Å². The van der Waals surface area contributed by atoms with Gasteiger partial charge in [0.2, 0.25) is 0 Å². The van der Waals surface area contributed by atoms with E-state index in [9.17, 15) is 4.79 Å². The third-order valence-electron chi connectivity index (χ3n) is 3.82. The minimum atomic E-state index is -0.230. The Morgan fingerprint density at radius 3 is 2.68 bits per heavy atom. The molecule has 0 aliphatic heterocycles. The highest BCUT2D eigenvalue weighted by Gasteiger charge is 2.12. The van der Waals surface area contributed by atoms with Crippen molar-refractivity contribution < 1.29 is 4.79 Å². The molecule has 1 aromatic heterocycles. The molecule has 2 aromatic rings. The van der Waals surface area contributed by atoms with Crippen molar-refractivity contribution in [2.45, 2.75) is 26.2 Å². The number of rotatable bonds is 8. The van der Waals surface area contributed by atoms with E-state index in [0.717, 1.165) is 30.8 Å². The average Bonchev–Trinajstić information content (AvgIpc) is 2.59. The molecule has 0 atom stereocenters. The Morgan fingerprint density at radius 2 is 1.96 bits per heavy atom. The molecule has 0 spiro atoms. The van der Waals surface area contributed by atoms with Gasteiger partial charge in [-0.1, -0.05) is 32.0 Å². The topological polar surface area (TPSA) is 70.2 Å². The van der Waals surface area contributed by atoms with Crippen molar-refractivity contribution in [3.63, 3.8) is 0 Å². The Balaban J connectivity index is 2.01. The monoisotopic (exact) mass is 341 g/mol. The molecule has 1 amide bonds. The van der Waals surface area contributed by atoms with E-state index in [2.05, 4.69) is 39.3 Å². The Labute approximate surface area is 149 Å². The fourth-order valence-electron chi connectivity index (χ4n) is 2.49. The van der Waals surface area contributed by atoms with Gasteiger partial charge in [-0.2, -0.15) is 0 Å². The highest BCUT2D eigenvalue weighted by molar-refractivity contribution is 6.03. The number of carbonyl (C=O) groups excluding carboxylic acids is 1. The molecule has 1 aromatic carbocycles. The van der Waals surface area contributed by atoms with Crippen LogP contribution in [0.25, 0.3) is 0 Å². The van der Waals surface area contributed by atoms with E-state index in [-0.39, 0.29) is 5.91 Å². The first-order chi connectivity index (χ1) is 12.0. The summed E-state index contributed by atoms with van der Waals surface area (Å²) in [6, 6.07) is 9.51. The minimum absolute atomic E-state index is 0.230. The maximum absolute atomic E-state index is 12.5. The van der Waals surface area contributed by atoms with Crippen LogP contribution in [0.5, 0.6) is 0 Å². The zero-order chi connectivity index (χ0) is 18.2. The van der Waals surface area contributed by atoms with Crippen molar-refractivity contribution in [1.82, 2.24) is 14.9 Å². The molecule has 0 saturated carbocycles. The molecule has 25 heavy (non-hydrogen) atoms. The van der Waals surface area contributed by atoms with Crippen LogP contribution < -0.4 is 10.6 Å². The van der Waals surface area contributed by atoms with Gasteiger partial charge in [0.15, 0.2) is 0 Å². The highest BCUT2D eigenvalue weighted by Crippen LogP contribution is 2.24. The van der Waals surface area contributed by atoms with E-state index in [1.165, 1.54) is 6.33 Å². The van der Waals surface area contributed by atoms with Crippen LogP contribution in [0.2, 0.25) is 0 Å². The molecule has 0 fully saturated rings. The number of carbonyl (C=O) groups is 1. The zero-order valence-corrected chi connectivity index (χ0v) is 15.4. The molecule has 6 heteroatoms. The number of nitrogens with zero attached hydrogens (tertiary/aromatic N) is 3. The van der Waals surface area contributed by atoms with Crippen molar-refractivity contribution in [3.8, 4) is 0 Å². The lowest BCUT2D eigenvalue weighted by atomic mass is 10.0. The number of nitrogens with one attached hydrogen (secondary N) is 2. The van der Waals surface area contributed by atoms with E-state index in [1.807, 2.05) is 38.4 Å². The second-order valence-electron chi connectivity index (χ2n) is 6.57. The summed E-state index contributed by atoms with van der Waals surface area (Å²) in [6.45, 7) is 6.00. The van der Waals surface area contributed by atoms with Gasteiger partial charge in [0.1, 0.15) is 17.8 Å². The molecule has 0 radical (unpaired) electrons. The van der Waals surface area contributed by atoms with Gasteiger partial charge >= 0.3 is 0 Å². The minimum Gasteiger partial charge on any atom is -0.370 e. The summed E-state index contributed by atoms with van der Waals surface area (Å²) in [5.41, 5.74) is 2.28. The highest BCUT2D eigenvalue weighted by atomic mass is 16.1. The zero-order valence-electron chi connectivity index (χ0n) is 15.4. The number of para-hydroxylation sites is 1. The molecule has 0 aliphatic rings. The predicted molar refractivity (Wildman–Crippen MR) is 102 cm³/mol. The predicted octanol–water partition coefficient (Wildman–Crippen LogP) is 3.22. The molecule has 2 N–H and O–H groups in total. The van der Waals surface area contributed by atoms with Gasteiger partial charge < -0.3 is 15.5 Å². The smallest absolute Gasteiger partial charge is 0.274 e. The number of benzene rings is 1. The molecule has 1 heterocycles. The summed E-state index contributed by atoms with van der Waals surface area (Å²) < 4.78 is 0. The molecule has 0 aliphatic carbocycles. The summed E-state index contributed by atoms with van der Waals surface area (Å²) in [7, 11) is 4.09. The molecule has 0 bridgehead atoms. The summed E-state index contributed by atoms with van der Waals surface area (Å²) in [5, 5.41) is 6.18. The van der Waals surface area contributed by atoms with Crippen LogP contribution in [0.3, 0.4) is 0 Å².